The molecular weight excluding hydrogens is 628 g/mol. The fraction of sp³-hybridized carbons (Fsp3) is 0.280. The van der Waals surface area contributed by atoms with Gasteiger partial charge >= 0.3 is 0 Å². The van der Waals surface area contributed by atoms with Crippen LogP contribution in [0.5, 0.6) is 5.75 Å². The minimum Gasteiger partial charge on any atom is -0.506 e. The van der Waals surface area contributed by atoms with Crippen molar-refractivity contribution < 1.29 is 14.5 Å². The molecule has 7 heteroatoms. The topological polar surface area (TPSA) is 79.2 Å². The highest BCUT2D eigenvalue weighted by Gasteiger charge is 2.14. The van der Waals surface area contributed by atoms with Gasteiger partial charge < -0.3 is 16.2 Å². The Bertz CT molecular complexity index is 1120. The van der Waals surface area contributed by atoms with E-state index in [1.807, 2.05) is 24.3 Å². The number of aromatic hydroxyl groups is 1. The van der Waals surface area contributed by atoms with Gasteiger partial charge in [-0.15, -0.1) is 0 Å². The fourth-order valence-electron chi connectivity index (χ4n) is 3.59. The molecule has 0 atom stereocenters. The molecule has 32 heavy (non-hydrogen) atoms. The number of nitrogens with two attached hydrogens (primary N) is 1. The van der Waals surface area contributed by atoms with Crippen LogP contribution < -0.4 is 15.6 Å². The van der Waals surface area contributed by atoms with Crippen molar-refractivity contribution in [1.82, 2.24) is 5.32 Å². The smallest absolute Gasteiger partial charge is 0.220 e. The first kappa shape index (κ1) is 24.9. The average Bonchev–Trinajstić information content (AvgIpc) is 2.79. The van der Waals surface area contributed by atoms with Crippen molar-refractivity contribution in [1.29, 1.82) is 0 Å². The van der Waals surface area contributed by atoms with Gasteiger partial charge in [0.2, 0.25) is 17.1 Å². The summed E-state index contributed by atoms with van der Waals surface area (Å²) in [5.74, 6) is 0.381. The Labute approximate surface area is 216 Å². The largest absolute Gasteiger partial charge is 0.506 e. The predicted octanol–water partition coefficient (Wildman–Crippen LogP) is 4.85. The maximum atomic E-state index is 11.8. The van der Waals surface area contributed by atoms with Crippen LogP contribution in [0.4, 0.5) is 0 Å². The number of benzene rings is 2. The summed E-state index contributed by atoms with van der Waals surface area (Å²) in [6.07, 6.45) is 7.40. The van der Waals surface area contributed by atoms with Crippen LogP contribution in [-0.2, 0) is 11.3 Å². The number of phenols is 1. The van der Waals surface area contributed by atoms with Crippen molar-refractivity contribution in [3.8, 4) is 5.75 Å². The van der Waals surface area contributed by atoms with Crippen LogP contribution in [0.2, 0.25) is 0 Å². The molecule has 0 unspecified atom stereocenters. The van der Waals surface area contributed by atoms with E-state index < -0.39 is 0 Å². The van der Waals surface area contributed by atoms with E-state index in [0.29, 0.717) is 25.3 Å². The first-order chi connectivity index (χ1) is 15.5. The molecule has 4 N–H and O–H groups in total. The molecule has 0 bridgehead atoms. The van der Waals surface area contributed by atoms with Crippen LogP contribution in [0.15, 0.2) is 48.5 Å². The highest BCUT2D eigenvalue weighted by Crippen LogP contribution is 2.28. The summed E-state index contributed by atoms with van der Waals surface area (Å²) in [6.45, 7) is 1.87. The molecule has 1 aromatic heterocycles. The van der Waals surface area contributed by atoms with Gasteiger partial charge in [0.15, 0.2) is 0 Å². The monoisotopic (exact) mass is 656 g/mol. The SMILES string of the molecule is NCCNC(=O)CCCCC[n+]1c(/C=C/c2cc(I)cc(I)c2O)ccc2ccccc21. The van der Waals surface area contributed by atoms with Gasteiger partial charge in [-0.2, -0.15) is 4.57 Å². The second kappa shape index (κ2) is 12.5. The molecule has 0 saturated heterocycles. The third kappa shape index (κ3) is 6.89. The number of hydrogen-bond acceptors (Lipinski definition) is 3. The summed E-state index contributed by atoms with van der Waals surface area (Å²) in [5.41, 5.74) is 8.49. The second-order valence-electron chi connectivity index (χ2n) is 7.58. The Balaban J connectivity index is 1.76. The summed E-state index contributed by atoms with van der Waals surface area (Å²) in [5, 5.41) is 14.4. The Morgan fingerprint density at radius 2 is 1.88 bits per heavy atom. The predicted molar refractivity (Wildman–Crippen MR) is 147 cm³/mol. The molecule has 0 spiro atoms. The molecule has 0 radical (unpaired) electrons. The zero-order valence-corrected chi connectivity index (χ0v) is 22.2. The fourth-order valence-corrected chi connectivity index (χ4v) is 5.48. The summed E-state index contributed by atoms with van der Waals surface area (Å²) >= 11 is 4.43. The Morgan fingerprint density at radius 3 is 2.69 bits per heavy atom. The number of nitrogens with one attached hydrogen (secondary N) is 1. The van der Waals surface area contributed by atoms with Gasteiger partial charge in [0.1, 0.15) is 12.3 Å². The number of phenolic OH excluding ortho intramolecular Hbond substituents is 1. The van der Waals surface area contributed by atoms with Crippen LogP contribution in [0.1, 0.15) is 36.9 Å². The number of carbonyl (C=O) groups is 1. The molecule has 5 nitrogen and oxygen atoms in total. The summed E-state index contributed by atoms with van der Waals surface area (Å²) in [7, 11) is 0. The Kier molecular flexibility index (Phi) is 9.73. The quantitative estimate of drug-likeness (QED) is 0.166. The number of para-hydroxylation sites is 1. The molecule has 3 aromatic rings. The van der Waals surface area contributed by atoms with E-state index in [1.165, 1.54) is 10.9 Å². The number of rotatable bonds is 10. The molecule has 3 rings (SSSR count). The van der Waals surface area contributed by atoms with Crippen LogP contribution in [0.25, 0.3) is 23.1 Å². The normalized spacial score (nSPS) is 11.3. The van der Waals surface area contributed by atoms with Crippen LogP contribution in [0.3, 0.4) is 0 Å². The van der Waals surface area contributed by atoms with E-state index in [9.17, 15) is 9.90 Å². The standard InChI is InChI=1S/C25H27I2N3O2/c26-20-16-19(25(32)22(27)17-20)10-12-21-11-9-18-6-3-4-7-23(18)30(21)15-5-1-2-8-24(31)29-14-13-28/h3-4,6-7,9-12,16-17H,1-2,5,8,13-15,28H2,(H,29,31)/p+1. The third-order valence-corrected chi connectivity index (χ3v) is 6.66. The molecular formula is C25H28I2N3O2+. The lowest BCUT2D eigenvalue weighted by molar-refractivity contribution is -0.673. The molecule has 0 aliphatic carbocycles. The summed E-state index contributed by atoms with van der Waals surface area (Å²) in [4.78, 5) is 11.8. The Morgan fingerprint density at radius 1 is 1.06 bits per heavy atom. The minimum absolute atomic E-state index is 0.0730. The molecule has 2 aromatic carbocycles. The first-order valence-electron chi connectivity index (χ1n) is 10.7. The van der Waals surface area contributed by atoms with E-state index in [-0.39, 0.29) is 5.91 Å². The summed E-state index contributed by atoms with van der Waals surface area (Å²) in [6, 6.07) is 16.6. The maximum Gasteiger partial charge on any atom is 0.220 e. The number of hydrogen-bond donors (Lipinski definition) is 3. The summed E-state index contributed by atoms with van der Waals surface area (Å²) < 4.78 is 4.25. The highest BCUT2D eigenvalue weighted by molar-refractivity contribution is 14.1. The third-order valence-electron chi connectivity index (χ3n) is 5.22. The van der Waals surface area contributed by atoms with Crippen molar-refractivity contribution in [3.63, 3.8) is 0 Å². The first-order valence-corrected chi connectivity index (χ1v) is 12.9. The van der Waals surface area contributed by atoms with Crippen molar-refractivity contribution in [2.45, 2.75) is 32.2 Å². The number of nitrogens with zero attached hydrogens (tertiary/aromatic N) is 1. The van der Waals surface area contributed by atoms with Crippen LogP contribution >= 0.6 is 45.2 Å². The highest BCUT2D eigenvalue weighted by atomic mass is 127. The number of aryl methyl sites for hydroxylation is 1. The van der Waals surface area contributed by atoms with Crippen LogP contribution in [-0.4, -0.2) is 24.1 Å². The lowest BCUT2D eigenvalue weighted by atomic mass is 10.1. The Hall–Kier alpha value is -1.72. The lowest BCUT2D eigenvalue weighted by Crippen LogP contribution is -2.38. The van der Waals surface area contributed by atoms with Crippen molar-refractivity contribution in [2.24, 2.45) is 5.73 Å². The van der Waals surface area contributed by atoms with E-state index in [0.717, 1.165) is 44.2 Å². The second-order valence-corrected chi connectivity index (χ2v) is 9.98. The zero-order chi connectivity index (χ0) is 22.9. The van der Waals surface area contributed by atoms with Gasteiger partial charge in [-0.05, 0) is 88.4 Å². The van der Waals surface area contributed by atoms with Crippen LogP contribution in [0, 0.1) is 7.14 Å². The van der Waals surface area contributed by atoms with Gasteiger partial charge in [-0.1, -0.05) is 12.1 Å². The minimum atomic E-state index is 0.0730. The van der Waals surface area contributed by atoms with E-state index in [1.54, 1.807) is 0 Å². The number of pyridine rings is 1. The molecule has 0 fully saturated rings. The van der Waals surface area contributed by atoms with E-state index in [4.69, 9.17) is 5.73 Å². The number of amides is 1. The molecule has 0 aliphatic rings. The van der Waals surface area contributed by atoms with Crippen molar-refractivity contribution >= 4 is 74.1 Å². The molecule has 1 heterocycles. The average molecular weight is 656 g/mol. The van der Waals surface area contributed by atoms with Crippen molar-refractivity contribution in [3.05, 3.63) is 66.9 Å². The van der Waals surface area contributed by atoms with Gasteiger partial charge in [0, 0.05) is 58.7 Å². The van der Waals surface area contributed by atoms with E-state index in [2.05, 4.69) is 91.5 Å². The van der Waals surface area contributed by atoms with Gasteiger partial charge in [-0.3, -0.25) is 4.79 Å². The van der Waals surface area contributed by atoms with E-state index >= 15 is 0 Å². The number of fused-ring (bicyclic) bond motifs is 1. The number of halogens is 2. The zero-order valence-electron chi connectivity index (χ0n) is 17.9. The molecule has 0 saturated carbocycles. The maximum absolute atomic E-state index is 11.8. The van der Waals surface area contributed by atoms with Crippen molar-refractivity contribution in [2.75, 3.05) is 13.1 Å². The lowest BCUT2D eigenvalue weighted by Gasteiger charge is -2.07. The molecule has 0 aliphatic heterocycles. The van der Waals surface area contributed by atoms with Gasteiger partial charge in [0.05, 0.1) is 3.57 Å². The van der Waals surface area contributed by atoms with Gasteiger partial charge in [0.25, 0.3) is 0 Å². The van der Waals surface area contributed by atoms with Gasteiger partial charge in [-0.25, -0.2) is 0 Å². The number of aromatic nitrogens is 1. The molecule has 1 amide bonds. The number of carbonyl (C=O) groups excluding carboxylic acids is 1. The number of unbranched alkanes of at least 4 members (excludes halogenated alkanes) is 2. The molecule has 168 valence electrons.